The van der Waals surface area contributed by atoms with Crippen LogP contribution in [0.25, 0.3) is 0 Å². The van der Waals surface area contributed by atoms with Crippen molar-refractivity contribution in [3.63, 3.8) is 0 Å². The molecule has 1 aromatic rings. The number of aromatic carboxylic acids is 1. The molecule has 0 radical (unpaired) electrons. The van der Waals surface area contributed by atoms with Gasteiger partial charge in [0.25, 0.3) is 0 Å². The smallest absolute Gasteiger partial charge is 0.345 e. The molecular formula is C9H13NO2S. The van der Waals surface area contributed by atoms with E-state index in [1.807, 2.05) is 6.07 Å². The third-order valence-corrected chi connectivity index (χ3v) is 2.67. The first kappa shape index (κ1) is 10.2. The molecule has 1 aromatic heterocycles. The van der Waals surface area contributed by atoms with Crippen LogP contribution in [0.15, 0.2) is 12.1 Å². The Hall–Kier alpha value is -0.870. The zero-order valence-electron chi connectivity index (χ0n) is 7.54. The molecule has 0 bridgehead atoms. The number of hydrogen-bond donors (Lipinski definition) is 2. The van der Waals surface area contributed by atoms with Crippen molar-refractivity contribution in [1.82, 2.24) is 5.32 Å². The molecule has 13 heavy (non-hydrogen) atoms. The van der Waals surface area contributed by atoms with Crippen LogP contribution in [0.3, 0.4) is 0 Å². The van der Waals surface area contributed by atoms with Crippen LogP contribution in [0.5, 0.6) is 0 Å². The molecule has 0 unspecified atom stereocenters. The largest absolute Gasteiger partial charge is 0.477 e. The van der Waals surface area contributed by atoms with Crippen molar-refractivity contribution in [3.8, 4) is 0 Å². The maximum atomic E-state index is 10.5. The van der Waals surface area contributed by atoms with Gasteiger partial charge in [0, 0.05) is 11.4 Å². The third kappa shape index (κ3) is 3.16. The summed E-state index contributed by atoms with van der Waals surface area (Å²) >= 11 is 1.33. The van der Waals surface area contributed by atoms with Gasteiger partial charge in [0.1, 0.15) is 4.88 Å². The second-order valence-electron chi connectivity index (χ2n) is 2.75. The van der Waals surface area contributed by atoms with E-state index in [1.54, 1.807) is 6.07 Å². The lowest BCUT2D eigenvalue weighted by Gasteiger charge is -1.98. The Labute approximate surface area is 81.4 Å². The predicted molar refractivity (Wildman–Crippen MR) is 53.3 cm³/mol. The van der Waals surface area contributed by atoms with Crippen LogP contribution in [0.2, 0.25) is 0 Å². The van der Waals surface area contributed by atoms with Crippen molar-refractivity contribution in [2.45, 2.75) is 19.9 Å². The molecule has 1 heterocycles. The lowest BCUT2D eigenvalue weighted by Crippen LogP contribution is -2.12. The third-order valence-electron chi connectivity index (χ3n) is 1.60. The molecule has 0 aliphatic heterocycles. The summed E-state index contributed by atoms with van der Waals surface area (Å²) in [6.07, 6.45) is 1.09. The number of carboxylic acid groups (broad SMARTS) is 1. The van der Waals surface area contributed by atoms with E-state index in [4.69, 9.17) is 5.11 Å². The fraction of sp³-hybridized carbons (Fsp3) is 0.444. The molecule has 2 N–H and O–H groups in total. The molecule has 1 rings (SSSR count). The van der Waals surface area contributed by atoms with Gasteiger partial charge in [-0.2, -0.15) is 0 Å². The highest BCUT2D eigenvalue weighted by Gasteiger charge is 2.05. The first-order valence-electron chi connectivity index (χ1n) is 4.26. The van der Waals surface area contributed by atoms with Gasteiger partial charge in [-0.15, -0.1) is 11.3 Å². The Kier molecular flexibility index (Phi) is 3.92. The van der Waals surface area contributed by atoms with E-state index in [9.17, 15) is 4.79 Å². The van der Waals surface area contributed by atoms with Gasteiger partial charge in [-0.1, -0.05) is 6.92 Å². The second-order valence-corrected chi connectivity index (χ2v) is 3.92. The van der Waals surface area contributed by atoms with Gasteiger partial charge in [-0.25, -0.2) is 4.79 Å². The van der Waals surface area contributed by atoms with Crippen molar-refractivity contribution in [2.75, 3.05) is 6.54 Å². The summed E-state index contributed by atoms with van der Waals surface area (Å²) in [5.41, 5.74) is 0. The molecule has 0 atom stereocenters. The molecule has 4 heteroatoms. The van der Waals surface area contributed by atoms with Crippen molar-refractivity contribution < 1.29 is 9.90 Å². The molecule has 0 aliphatic rings. The first-order valence-corrected chi connectivity index (χ1v) is 5.08. The van der Waals surface area contributed by atoms with Gasteiger partial charge in [0.15, 0.2) is 0 Å². The van der Waals surface area contributed by atoms with E-state index in [1.165, 1.54) is 11.3 Å². The zero-order chi connectivity index (χ0) is 9.68. The summed E-state index contributed by atoms with van der Waals surface area (Å²) in [5.74, 6) is -0.841. The topological polar surface area (TPSA) is 49.3 Å². The van der Waals surface area contributed by atoms with E-state index in [0.29, 0.717) is 4.88 Å². The van der Waals surface area contributed by atoms with E-state index >= 15 is 0 Å². The monoisotopic (exact) mass is 199 g/mol. The van der Waals surface area contributed by atoms with Gasteiger partial charge in [-0.05, 0) is 25.1 Å². The normalized spacial score (nSPS) is 10.2. The summed E-state index contributed by atoms with van der Waals surface area (Å²) in [6, 6.07) is 3.51. The maximum absolute atomic E-state index is 10.5. The summed E-state index contributed by atoms with van der Waals surface area (Å²) in [6.45, 7) is 3.84. The summed E-state index contributed by atoms with van der Waals surface area (Å²) in [7, 11) is 0. The molecule has 0 aromatic carbocycles. The van der Waals surface area contributed by atoms with Crippen LogP contribution in [0.4, 0.5) is 0 Å². The number of rotatable bonds is 5. The average Bonchev–Trinajstić information content (AvgIpc) is 2.53. The van der Waals surface area contributed by atoms with E-state index in [0.717, 1.165) is 24.4 Å². The van der Waals surface area contributed by atoms with Crippen molar-refractivity contribution >= 4 is 17.3 Å². The van der Waals surface area contributed by atoms with Crippen LogP contribution >= 0.6 is 11.3 Å². The molecule has 0 amide bonds. The number of carboxylic acids is 1. The Bertz CT molecular complexity index is 283. The van der Waals surface area contributed by atoms with E-state index in [-0.39, 0.29) is 0 Å². The number of thiophene rings is 1. The Morgan fingerprint density at radius 1 is 1.62 bits per heavy atom. The highest BCUT2D eigenvalue weighted by molar-refractivity contribution is 7.13. The second kappa shape index (κ2) is 4.99. The number of carbonyl (C=O) groups is 1. The van der Waals surface area contributed by atoms with Crippen LogP contribution < -0.4 is 5.32 Å². The molecular weight excluding hydrogens is 186 g/mol. The van der Waals surface area contributed by atoms with Crippen LogP contribution in [0, 0.1) is 0 Å². The van der Waals surface area contributed by atoms with Gasteiger partial charge in [-0.3, -0.25) is 0 Å². The molecule has 0 spiro atoms. The minimum atomic E-state index is -0.841. The minimum absolute atomic E-state index is 0.410. The average molecular weight is 199 g/mol. The Balaban J connectivity index is 2.44. The SMILES string of the molecule is CCCNCc1ccc(C(=O)O)s1. The minimum Gasteiger partial charge on any atom is -0.477 e. The highest BCUT2D eigenvalue weighted by Crippen LogP contribution is 2.15. The molecule has 0 aliphatic carbocycles. The van der Waals surface area contributed by atoms with Gasteiger partial charge < -0.3 is 10.4 Å². The van der Waals surface area contributed by atoms with Gasteiger partial charge >= 0.3 is 5.97 Å². The van der Waals surface area contributed by atoms with Crippen molar-refractivity contribution in [1.29, 1.82) is 0 Å². The molecule has 0 saturated carbocycles. The fourth-order valence-electron chi connectivity index (χ4n) is 0.976. The molecule has 0 fully saturated rings. The van der Waals surface area contributed by atoms with Crippen molar-refractivity contribution in [2.24, 2.45) is 0 Å². The van der Waals surface area contributed by atoms with Crippen LogP contribution in [-0.2, 0) is 6.54 Å². The first-order chi connectivity index (χ1) is 6.24. The van der Waals surface area contributed by atoms with E-state index in [2.05, 4.69) is 12.2 Å². The number of hydrogen-bond acceptors (Lipinski definition) is 3. The van der Waals surface area contributed by atoms with Gasteiger partial charge in [0.05, 0.1) is 0 Å². The van der Waals surface area contributed by atoms with Crippen molar-refractivity contribution in [3.05, 3.63) is 21.9 Å². The number of nitrogens with one attached hydrogen (secondary N) is 1. The quantitative estimate of drug-likeness (QED) is 0.712. The zero-order valence-corrected chi connectivity index (χ0v) is 8.36. The molecule has 0 saturated heterocycles. The standard InChI is InChI=1S/C9H13NO2S/c1-2-5-10-6-7-3-4-8(13-7)9(11)12/h3-4,10H,2,5-6H2,1H3,(H,11,12). The van der Waals surface area contributed by atoms with Gasteiger partial charge in [0.2, 0.25) is 0 Å². The molecule has 3 nitrogen and oxygen atoms in total. The van der Waals surface area contributed by atoms with Crippen LogP contribution in [0.1, 0.15) is 27.9 Å². The Morgan fingerprint density at radius 2 is 2.38 bits per heavy atom. The summed E-state index contributed by atoms with van der Waals surface area (Å²) in [4.78, 5) is 12.0. The summed E-state index contributed by atoms with van der Waals surface area (Å²) < 4.78 is 0. The predicted octanol–water partition coefficient (Wildman–Crippen LogP) is 1.95. The van der Waals surface area contributed by atoms with E-state index < -0.39 is 5.97 Å². The summed E-state index contributed by atoms with van der Waals surface area (Å²) in [5, 5.41) is 11.9. The fourth-order valence-corrected chi connectivity index (χ4v) is 1.79. The maximum Gasteiger partial charge on any atom is 0.345 e. The Morgan fingerprint density at radius 3 is 2.92 bits per heavy atom. The molecule has 72 valence electrons. The lowest BCUT2D eigenvalue weighted by atomic mass is 10.4. The van der Waals surface area contributed by atoms with Crippen LogP contribution in [-0.4, -0.2) is 17.6 Å². The lowest BCUT2D eigenvalue weighted by molar-refractivity contribution is 0.0702. The highest BCUT2D eigenvalue weighted by atomic mass is 32.1.